The van der Waals surface area contributed by atoms with Crippen molar-refractivity contribution in [3.63, 3.8) is 0 Å². The maximum Gasteiger partial charge on any atom is 0.214 e. The van der Waals surface area contributed by atoms with Gasteiger partial charge in [0.05, 0.1) is 29.7 Å². The van der Waals surface area contributed by atoms with E-state index in [1.807, 2.05) is 49.4 Å². The van der Waals surface area contributed by atoms with E-state index >= 15 is 0 Å². The Balaban J connectivity index is 1.26. The molecule has 2 aliphatic rings. The van der Waals surface area contributed by atoms with Crippen LogP contribution >= 0.6 is 0 Å². The lowest BCUT2D eigenvalue weighted by atomic mass is 9.93. The average molecular weight is 481 g/mol. The summed E-state index contributed by atoms with van der Waals surface area (Å²) in [6, 6.07) is 18.3. The summed E-state index contributed by atoms with van der Waals surface area (Å²) in [7, 11) is -3.05. The summed E-state index contributed by atoms with van der Waals surface area (Å²) in [4.78, 5) is 4.88. The average Bonchev–Trinajstić information content (AvgIpc) is 3.22. The van der Waals surface area contributed by atoms with Gasteiger partial charge in [-0.25, -0.2) is 13.4 Å². The van der Waals surface area contributed by atoms with Crippen molar-refractivity contribution in [3.05, 3.63) is 71.4 Å². The van der Waals surface area contributed by atoms with E-state index in [0.717, 1.165) is 65.6 Å². The molecule has 7 heteroatoms. The first kappa shape index (κ1) is 23.3. The van der Waals surface area contributed by atoms with Crippen LogP contribution in [0.15, 0.2) is 54.6 Å². The van der Waals surface area contributed by atoms with Gasteiger partial charge in [0.2, 0.25) is 10.0 Å². The molecule has 0 radical (unpaired) electrons. The Bertz CT molecular complexity index is 1240. The number of nitrogens with zero attached hydrogens (tertiary/aromatic N) is 2. The first-order valence-electron chi connectivity index (χ1n) is 12.2. The molecular weight excluding hydrogens is 448 g/mol. The Labute approximate surface area is 202 Å². The Hall–Kier alpha value is -2.48. The van der Waals surface area contributed by atoms with Crippen LogP contribution in [0, 0.1) is 6.92 Å². The van der Waals surface area contributed by atoms with Gasteiger partial charge in [-0.2, -0.15) is 4.31 Å². The lowest BCUT2D eigenvalue weighted by molar-refractivity contribution is 0.00432. The van der Waals surface area contributed by atoms with Crippen molar-refractivity contribution in [3.8, 4) is 5.75 Å². The van der Waals surface area contributed by atoms with Gasteiger partial charge in [-0.15, -0.1) is 0 Å². The highest BCUT2D eigenvalue weighted by Gasteiger charge is 2.36. The first-order chi connectivity index (χ1) is 16.5. The first-order valence-corrected chi connectivity index (χ1v) is 13.8. The number of rotatable bonds is 7. The summed E-state index contributed by atoms with van der Waals surface area (Å²) in [5.41, 5.74) is 3.92. The molecule has 1 saturated carbocycles. The summed E-state index contributed by atoms with van der Waals surface area (Å²) < 4.78 is 38.8. The van der Waals surface area contributed by atoms with Crippen molar-refractivity contribution in [2.75, 3.05) is 12.3 Å². The summed E-state index contributed by atoms with van der Waals surface area (Å²) in [5.74, 6) is 1.15. The number of ether oxygens (including phenoxy) is 2. The minimum Gasteiger partial charge on any atom is -0.488 e. The normalized spacial score (nSPS) is 22.7. The van der Waals surface area contributed by atoms with Crippen molar-refractivity contribution in [2.45, 2.75) is 64.4 Å². The second kappa shape index (κ2) is 10.0. The maximum absolute atomic E-state index is 12.2. The highest BCUT2D eigenvalue weighted by molar-refractivity contribution is 7.89. The molecule has 0 unspecified atom stereocenters. The number of fused-ring (bicyclic) bond motifs is 1. The molecule has 5 rings (SSSR count). The van der Waals surface area contributed by atoms with Crippen LogP contribution in [0.1, 0.15) is 48.9 Å². The quantitative estimate of drug-likeness (QED) is 0.477. The van der Waals surface area contributed by atoms with Crippen molar-refractivity contribution in [1.29, 1.82) is 0 Å². The predicted octanol–water partition coefficient (Wildman–Crippen LogP) is 4.99. The number of aromatic nitrogens is 1. The third-order valence-corrected chi connectivity index (χ3v) is 9.05. The molecule has 2 heterocycles. The number of pyridine rings is 1. The highest BCUT2D eigenvalue weighted by Crippen LogP contribution is 2.33. The van der Waals surface area contributed by atoms with Gasteiger partial charge in [0.25, 0.3) is 0 Å². The van der Waals surface area contributed by atoms with Gasteiger partial charge in [-0.05, 0) is 56.7 Å². The van der Waals surface area contributed by atoms with Crippen LogP contribution in [0.5, 0.6) is 5.75 Å². The van der Waals surface area contributed by atoms with E-state index in [1.54, 1.807) is 4.31 Å². The molecule has 3 aromatic rings. The van der Waals surface area contributed by atoms with E-state index in [9.17, 15) is 8.42 Å². The maximum atomic E-state index is 12.2. The minimum atomic E-state index is -3.05. The topological polar surface area (TPSA) is 68.7 Å². The zero-order chi connectivity index (χ0) is 23.5. The molecular formula is C27H32N2O4S. The summed E-state index contributed by atoms with van der Waals surface area (Å²) >= 11 is 0. The predicted molar refractivity (Wildman–Crippen MR) is 133 cm³/mol. The lowest BCUT2D eigenvalue weighted by Gasteiger charge is -2.33. The second-order valence-electron chi connectivity index (χ2n) is 9.33. The van der Waals surface area contributed by atoms with Gasteiger partial charge in [0.15, 0.2) is 0 Å². The molecule has 0 atom stereocenters. The zero-order valence-corrected chi connectivity index (χ0v) is 20.5. The van der Waals surface area contributed by atoms with E-state index in [0.29, 0.717) is 25.5 Å². The summed E-state index contributed by atoms with van der Waals surface area (Å²) in [6.45, 7) is 3.65. The van der Waals surface area contributed by atoms with Gasteiger partial charge in [0, 0.05) is 23.5 Å². The van der Waals surface area contributed by atoms with Gasteiger partial charge in [-0.1, -0.05) is 42.5 Å². The van der Waals surface area contributed by atoms with Gasteiger partial charge in [0.1, 0.15) is 12.4 Å². The number of hydrogen-bond acceptors (Lipinski definition) is 5. The number of para-hydroxylation sites is 1. The molecule has 0 amide bonds. The fourth-order valence-corrected chi connectivity index (χ4v) is 6.95. The zero-order valence-electron chi connectivity index (χ0n) is 19.7. The number of sulfonamides is 1. The van der Waals surface area contributed by atoms with E-state index in [1.165, 1.54) is 0 Å². The van der Waals surface area contributed by atoms with E-state index in [-0.39, 0.29) is 12.1 Å². The van der Waals surface area contributed by atoms with E-state index < -0.39 is 10.0 Å². The van der Waals surface area contributed by atoms with Crippen molar-refractivity contribution >= 4 is 20.9 Å². The van der Waals surface area contributed by atoms with Gasteiger partial charge >= 0.3 is 0 Å². The van der Waals surface area contributed by atoms with E-state index in [2.05, 4.69) is 12.1 Å². The van der Waals surface area contributed by atoms with Crippen LogP contribution in [0.2, 0.25) is 0 Å². The van der Waals surface area contributed by atoms with Crippen molar-refractivity contribution < 1.29 is 17.9 Å². The van der Waals surface area contributed by atoms with Crippen LogP contribution in [-0.2, 0) is 28.0 Å². The number of hydrogen-bond donors (Lipinski definition) is 0. The monoisotopic (exact) mass is 480 g/mol. The molecule has 1 saturated heterocycles. The Morgan fingerprint density at radius 1 is 0.971 bits per heavy atom. The van der Waals surface area contributed by atoms with Crippen LogP contribution in [0.4, 0.5) is 0 Å². The standard InChI is InChI=1S/C27H32N2O4S/c1-20-26(19-32-23-14-12-22(13-15-23)29-16-7-17-34(29,30)31)28-25-11-6-5-10-24(25)27(20)33-18-21-8-3-2-4-9-21/h2-6,8-11,22-23H,7,12-19H2,1H3/t22-,23-. The lowest BCUT2D eigenvalue weighted by Crippen LogP contribution is -2.40. The molecule has 6 nitrogen and oxygen atoms in total. The van der Waals surface area contributed by atoms with Crippen LogP contribution in [-0.4, -0.2) is 42.2 Å². The molecule has 1 aliphatic heterocycles. The molecule has 34 heavy (non-hydrogen) atoms. The van der Waals surface area contributed by atoms with Gasteiger partial charge < -0.3 is 9.47 Å². The Morgan fingerprint density at radius 2 is 1.71 bits per heavy atom. The molecule has 180 valence electrons. The third kappa shape index (κ3) is 4.97. The van der Waals surface area contributed by atoms with E-state index in [4.69, 9.17) is 14.5 Å². The molecule has 2 fully saturated rings. The van der Waals surface area contributed by atoms with Gasteiger partial charge in [-0.3, -0.25) is 0 Å². The largest absolute Gasteiger partial charge is 0.488 e. The third-order valence-electron chi connectivity index (χ3n) is 7.05. The van der Waals surface area contributed by atoms with Crippen LogP contribution < -0.4 is 4.74 Å². The Kier molecular flexibility index (Phi) is 6.86. The molecule has 1 aromatic heterocycles. The molecule has 0 N–H and O–H groups in total. The summed E-state index contributed by atoms with van der Waals surface area (Å²) in [6.07, 6.45) is 4.35. The SMILES string of the molecule is Cc1c(CO[C@H]2CC[C@H](N3CCCS3(=O)=O)CC2)nc2ccccc2c1OCc1ccccc1. The van der Waals surface area contributed by atoms with Crippen molar-refractivity contribution in [2.24, 2.45) is 0 Å². The smallest absolute Gasteiger partial charge is 0.214 e. The fraction of sp³-hybridized carbons (Fsp3) is 0.444. The number of benzene rings is 2. The fourth-order valence-electron chi connectivity index (χ4n) is 5.15. The summed E-state index contributed by atoms with van der Waals surface area (Å²) in [5, 5.41) is 1.01. The Morgan fingerprint density at radius 3 is 2.44 bits per heavy atom. The molecule has 1 aliphatic carbocycles. The highest BCUT2D eigenvalue weighted by atomic mass is 32.2. The van der Waals surface area contributed by atoms with Crippen LogP contribution in [0.3, 0.4) is 0 Å². The second-order valence-corrected chi connectivity index (χ2v) is 11.4. The minimum absolute atomic E-state index is 0.128. The molecule has 0 bridgehead atoms. The molecule has 0 spiro atoms. The molecule has 2 aromatic carbocycles. The van der Waals surface area contributed by atoms with Crippen molar-refractivity contribution in [1.82, 2.24) is 9.29 Å². The van der Waals surface area contributed by atoms with Crippen LogP contribution in [0.25, 0.3) is 10.9 Å².